The first-order valence-electron chi connectivity index (χ1n) is 12.8. The third-order valence-electron chi connectivity index (χ3n) is 6.09. The Balaban J connectivity index is 0.000000345. The van der Waals surface area contributed by atoms with Crippen molar-refractivity contribution in [1.82, 2.24) is 4.90 Å². The van der Waals surface area contributed by atoms with Crippen molar-refractivity contribution in [3.63, 3.8) is 0 Å². The molecule has 0 saturated heterocycles. The van der Waals surface area contributed by atoms with Gasteiger partial charge in [-0.1, -0.05) is 56.5 Å². The molecule has 1 unspecified atom stereocenters. The topological polar surface area (TPSA) is 20.3 Å². The van der Waals surface area contributed by atoms with E-state index in [0.29, 0.717) is 36.8 Å². The van der Waals surface area contributed by atoms with Gasteiger partial charge in [-0.05, 0) is 68.4 Å². The van der Waals surface area contributed by atoms with Gasteiger partial charge in [0.25, 0.3) is 11.8 Å². The first kappa shape index (κ1) is 29.8. The fourth-order valence-electron chi connectivity index (χ4n) is 4.08. The van der Waals surface area contributed by atoms with Gasteiger partial charge in [-0.3, -0.25) is 4.79 Å². The summed E-state index contributed by atoms with van der Waals surface area (Å²) >= 11 is 3.98. The van der Waals surface area contributed by atoms with Crippen LogP contribution >= 0.6 is 12.6 Å². The van der Waals surface area contributed by atoms with Gasteiger partial charge in [-0.25, -0.2) is 13.2 Å². The van der Waals surface area contributed by atoms with Crippen LogP contribution in [0, 0.1) is 12.3 Å². The van der Waals surface area contributed by atoms with Crippen molar-refractivity contribution in [2.45, 2.75) is 95.1 Å². The van der Waals surface area contributed by atoms with Crippen LogP contribution in [0.1, 0.15) is 92.5 Å². The van der Waals surface area contributed by atoms with Crippen LogP contribution in [0.4, 0.5) is 13.2 Å². The van der Waals surface area contributed by atoms with E-state index in [1.165, 1.54) is 6.42 Å². The molecule has 1 atom stereocenters. The molecule has 0 heterocycles. The quantitative estimate of drug-likeness (QED) is 0.313. The highest BCUT2D eigenvalue weighted by Gasteiger charge is 2.39. The highest BCUT2D eigenvalue weighted by molar-refractivity contribution is 7.80. The van der Waals surface area contributed by atoms with Crippen LogP contribution in [0.15, 0.2) is 54.6 Å². The molecule has 0 radical (unpaired) electrons. The number of rotatable bonds is 5. The Labute approximate surface area is 220 Å². The van der Waals surface area contributed by atoms with E-state index in [-0.39, 0.29) is 18.0 Å². The van der Waals surface area contributed by atoms with E-state index in [0.717, 1.165) is 25.3 Å². The van der Waals surface area contributed by atoms with Gasteiger partial charge in [0.05, 0.1) is 5.25 Å². The summed E-state index contributed by atoms with van der Waals surface area (Å²) in [5.41, 5.74) is 1.83. The number of amides is 1. The Bertz CT molecular complexity index is 956. The van der Waals surface area contributed by atoms with Crippen molar-refractivity contribution in [3.8, 4) is 12.3 Å². The monoisotopic (exact) mass is 517 g/mol. The number of benzene rings is 2. The maximum absolute atomic E-state index is 13.4. The van der Waals surface area contributed by atoms with Gasteiger partial charge < -0.3 is 4.90 Å². The molecule has 0 aliphatic heterocycles. The van der Waals surface area contributed by atoms with Gasteiger partial charge in [0.1, 0.15) is 6.17 Å². The predicted molar refractivity (Wildman–Crippen MR) is 145 cm³/mol. The number of halogens is 3. The van der Waals surface area contributed by atoms with Crippen LogP contribution in [-0.2, 0) is 0 Å². The second-order valence-electron chi connectivity index (χ2n) is 9.55. The van der Waals surface area contributed by atoms with E-state index in [1.54, 1.807) is 24.3 Å². The van der Waals surface area contributed by atoms with Crippen molar-refractivity contribution in [3.05, 3.63) is 71.3 Å². The molecule has 2 aliphatic rings. The van der Waals surface area contributed by atoms with Crippen molar-refractivity contribution in [2.24, 2.45) is 0 Å². The van der Waals surface area contributed by atoms with Gasteiger partial charge in [-0.2, -0.15) is 12.6 Å². The maximum atomic E-state index is 13.4. The third kappa shape index (κ3) is 9.24. The lowest BCUT2D eigenvalue weighted by atomic mass is 9.92. The Hall–Kier alpha value is -2.39. The first-order valence-corrected chi connectivity index (χ1v) is 13.3. The summed E-state index contributed by atoms with van der Waals surface area (Å²) in [6, 6.07) is 16.2. The van der Waals surface area contributed by atoms with E-state index >= 15 is 0 Å². The van der Waals surface area contributed by atoms with Gasteiger partial charge in [0.2, 0.25) is 0 Å². The molecule has 2 aromatic rings. The molecular weight excluding hydrogens is 479 g/mol. The van der Waals surface area contributed by atoms with Crippen LogP contribution in [0.5, 0.6) is 0 Å². The van der Waals surface area contributed by atoms with Crippen LogP contribution < -0.4 is 0 Å². The largest absolute Gasteiger partial charge is 0.333 e. The molecule has 0 aromatic heterocycles. The molecule has 2 saturated carbocycles. The zero-order chi connectivity index (χ0) is 26.7. The average molecular weight is 518 g/mol. The predicted octanol–water partition coefficient (Wildman–Crippen LogP) is 8.28. The minimum atomic E-state index is -2.93. The normalized spacial score (nSPS) is 19.9. The molecule has 2 nitrogen and oxygen atoms in total. The van der Waals surface area contributed by atoms with E-state index in [4.69, 9.17) is 6.42 Å². The van der Waals surface area contributed by atoms with E-state index in [2.05, 4.69) is 32.4 Å². The molecular formula is C30H38F3NOS. The highest BCUT2D eigenvalue weighted by atomic mass is 32.1. The van der Waals surface area contributed by atoms with Crippen LogP contribution in [0.2, 0.25) is 0 Å². The molecule has 0 N–H and O–H groups in total. The number of alkyl halides is 3. The number of carbonyl (C=O) groups excluding carboxylic acids is 1. The Morgan fingerprint density at radius 2 is 1.47 bits per heavy atom. The van der Waals surface area contributed by atoms with Gasteiger partial charge >= 0.3 is 0 Å². The standard InChI is InChI=1S/C19H24F3NOS.C8H6.C3H8/c1-19(21,22)17(25)12-2-4-13(5-3-12)18(24)23(16-10-11-16)15-8-6-14(20)7-9-15;1-2-8-6-4-3-5-7-8;1-3-2/h2-5,14-17,25H,6-11H2,1H3;1,3-7H;3H2,1-2H3. The summed E-state index contributed by atoms with van der Waals surface area (Å²) in [4.78, 5) is 14.9. The lowest BCUT2D eigenvalue weighted by Gasteiger charge is -2.35. The Morgan fingerprint density at radius 1 is 1.00 bits per heavy atom. The van der Waals surface area contributed by atoms with E-state index in [1.807, 2.05) is 35.2 Å². The fourth-order valence-corrected chi connectivity index (χ4v) is 4.25. The Morgan fingerprint density at radius 3 is 1.86 bits per heavy atom. The molecule has 2 aromatic carbocycles. The van der Waals surface area contributed by atoms with Crippen LogP contribution in [0.25, 0.3) is 0 Å². The molecule has 196 valence electrons. The molecule has 2 aliphatic carbocycles. The maximum Gasteiger partial charge on any atom is 0.260 e. The first-order chi connectivity index (χ1) is 17.1. The van der Waals surface area contributed by atoms with Crippen LogP contribution in [0.3, 0.4) is 0 Å². The van der Waals surface area contributed by atoms with Gasteiger partial charge in [0, 0.05) is 30.1 Å². The number of carbonyl (C=O) groups is 1. The third-order valence-corrected chi connectivity index (χ3v) is 6.84. The van der Waals surface area contributed by atoms with Crippen LogP contribution in [-0.4, -0.2) is 35.0 Å². The van der Waals surface area contributed by atoms with E-state index in [9.17, 15) is 18.0 Å². The lowest BCUT2D eigenvalue weighted by molar-refractivity contribution is 0.0198. The van der Waals surface area contributed by atoms with Gasteiger partial charge in [0.15, 0.2) is 0 Å². The van der Waals surface area contributed by atoms with Crippen molar-refractivity contribution >= 4 is 18.5 Å². The number of thiol groups is 1. The summed E-state index contributed by atoms with van der Waals surface area (Å²) in [6.45, 7) is 5.08. The summed E-state index contributed by atoms with van der Waals surface area (Å²) in [6.07, 6.45) is 9.97. The SMILES string of the molecule is C#Cc1ccccc1.CC(F)(F)C(S)c1ccc(C(=O)N(C2CCC(F)CC2)C2CC2)cc1.CCC. The van der Waals surface area contributed by atoms with E-state index < -0.39 is 17.3 Å². The Kier molecular flexibility index (Phi) is 11.9. The second-order valence-corrected chi connectivity index (χ2v) is 10.1. The smallest absolute Gasteiger partial charge is 0.260 e. The number of terminal acetylenes is 1. The van der Waals surface area contributed by atoms with Crippen molar-refractivity contribution in [2.75, 3.05) is 0 Å². The zero-order valence-corrected chi connectivity index (χ0v) is 22.4. The van der Waals surface area contributed by atoms with Crippen molar-refractivity contribution in [1.29, 1.82) is 0 Å². The molecule has 2 fully saturated rings. The number of nitrogens with zero attached hydrogens (tertiary/aromatic N) is 1. The highest BCUT2D eigenvalue weighted by Crippen LogP contribution is 2.38. The summed E-state index contributed by atoms with van der Waals surface area (Å²) in [5.74, 6) is -0.478. The average Bonchev–Trinajstić information content (AvgIpc) is 3.71. The summed E-state index contributed by atoms with van der Waals surface area (Å²) < 4.78 is 40.2. The molecule has 0 bridgehead atoms. The zero-order valence-electron chi connectivity index (χ0n) is 21.5. The lowest BCUT2D eigenvalue weighted by Crippen LogP contribution is -2.44. The molecule has 4 rings (SSSR count). The minimum Gasteiger partial charge on any atom is -0.333 e. The van der Waals surface area contributed by atoms with Crippen molar-refractivity contribution < 1.29 is 18.0 Å². The summed E-state index contributed by atoms with van der Waals surface area (Å²) in [7, 11) is 0. The minimum absolute atomic E-state index is 0.0738. The summed E-state index contributed by atoms with van der Waals surface area (Å²) in [5, 5.41) is -1.20. The number of hydrogen-bond acceptors (Lipinski definition) is 2. The molecule has 6 heteroatoms. The second kappa shape index (κ2) is 14.4. The molecule has 36 heavy (non-hydrogen) atoms. The molecule has 0 spiro atoms. The van der Waals surface area contributed by atoms with Gasteiger partial charge in [-0.15, -0.1) is 6.42 Å². The number of hydrogen-bond donors (Lipinski definition) is 1. The fraction of sp³-hybridized carbons (Fsp3) is 0.500. The molecule has 1 amide bonds.